The molecule has 0 fully saturated rings. The number of hydrogen-bond acceptors (Lipinski definition) is 5. The Labute approximate surface area is 176 Å². The van der Waals surface area contributed by atoms with Gasteiger partial charge in [0.15, 0.2) is 0 Å². The van der Waals surface area contributed by atoms with E-state index < -0.39 is 4.92 Å². The highest BCUT2D eigenvalue weighted by molar-refractivity contribution is 7.10. The summed E-state index contributed by atoms with van der Waals surface area (Å²) in [4.78, 5) is 26.6. The number of non-ortho nitro benzene ring substituents is 1. The Morgan fingerprint density at radius 2 is 2.03 bits per heavy atom. The molecule has 6 nitrogen and oxygen atoms in total. The van der Waals surface area contributed by atoms with Crippen molar-refractivity contribution in [2.24, 2.45) is 0 Å². The van der Waals surface area contributed by atoms with E-state index in [1.54, 1.807) is 0 Å². The first-order valence-corrected chi connectivity index (χ1v) is 11.3. The number of unbranched alkanes of at least 4 members (excludes halogenated alkanes) is 3. The molecule has 1 unspecified atom stereocenters. The lowest BCUT2D eigenvalue weighted by atomic mass is 9.96. The molecule has 2 aromatic rings. The van der Waals surface area contributed by atoms with Crippen LogP contribution in [0.4, 0.5) is 5.69 Å². The van der Waals surface area contributed by atoms with Crippen LogP contribution in [-0.2, 0) is 6.42 Å². The molecule has 1 aliphatic rings. The largest absolute Gasteiger partial charge is 0.351 e. The van der Waals surface area contributed by atoms with Gasteiger partial charge < -0.3 is 5.32 Å². The van der Waals surface area contributed by atoms with Crippen molar-refractivity contribution in [3.63, 3.8) is 0 Å². The molecule has 1 N–H and O–H groups in total. The van der Waals surface area contributed by atoms with E-state index in [1.807, 2.05) is 11.3 Å². The first-order valence-electron chi connectivity index (χ1n) is 10.4. The number of nitro groups is 1. The predicted octanol–water partition coefficient (Wildman–Crippen LogP) is 4.96. The number of hydrogen-bond donors (Lipinski definition) is 1. The van der Waals surface area contributed by atoms with E-state index in [2.05, 4.69) is 28.6 Å². The van der Waals surface area contributed by atoms with Crippen LogP contribution in [0.3, 0.4) is 0 Å². The molecule has 7 heteroatoms. The highest BCUT2D eigenvalue weighted by Gasteiger charge is 2.27. The van der Waals surface area contributed by atoms with Gasteiger partial charge in [-0.15, -0.1) is 11.3 Å². The van der Waals surface area contributed by atoms with Crippen LogP contribution < -0.4 is 5.32 Å². The highest BCUT2D eigenvalue weighted by Crippen LogP contribution is 2.37. The number of carbonyl (C=O) groups is 1. The number of nitrogens with zero attached hydrogens (tertiary/aromatic N) is 2. The summed E-state index contributed by atoms with van der Waals surface area (Å²) in [6.07, 6.45) is 7.28. The van der Waals surface area contributed by atoms with Gasteiger partial charge in [0.1, 0.15) is 0 Å². The molecule has 1 atom stereocenters. The average Bonchev–Trinajstić information content (AvgIpc) is 3.21. The number of nitro benzene ring substituents is 1. The van der Waals surface area contributed by atoms with Crippen LogP contribution in [-0.4, -0.2) is 35.4 Å². The second-order valence-electron chi connectivity index (χ2n) is 7.52. The molecular formula is C22H29N3O3S. The van der Waals surface area contributed by atoms with Crippen molar-refractivity contribution in [2.45, 2.75) is 51.5 Å². The standard InChI is InChI=1S/C22H29N3O3S/c1-2-3-4-5-6-20-21-17(12-16-29-21)11-14-24(20)15-13-23-22(26)18-7-9-19(10-8-18)25(27)28/h7-10,12,16,20H,2-6,11,13-15H2,1H3,(H,23,26). The van der Waals surface area contributed by atoms with Crippen LogP contribution in [0.2, 0.25) is 0 Å². The molecule has 0 radical (unpaired) electrons. The second-order valence-corrected chi connectivity index (χ2v) is 8.47. The maximum atomic E-state index is 12.4. The van der Waals surface area contributed by atoms with Crippen molar-refractivity contribution in [2.75, 3.05) is 19.6 Å². The maximum absolute atomic E-state index is 12.4. The first kappa shape index (κ1) is 21.5. The van der Waals surface area contributed by atoms with Crippen LogP contribution >= 0.6 is 11.3 Å². The molecule has 3 rings (SSSR count). The normalized spacial score (nSPS) is 16.4. The van der Waals surface area contributed by atoms with Crippen LogP contribution in [0.25, 0.3) is 0 Å². The van der Waals surface area contributed by atoms with Gasteiger partial charge in [-0.2, -0.15) is 0 Å². The number of amides is 1. The Hall–Kier alpha value is -2.25. The molecule has 0 saturated carbocycles. The molecule has 0 spiro atoms. The molecule has 1 aliphatic heterocycles. The third-order valence-electron chi connectivity index (χ3n) is 5.55. The Morgan fingerprint density at radius 1 is 1.24 bits per heavy atom. The summed E-state index contributed by atoms with van der Waals surface area (Å²) in [6, 6.07) is 8.44. The van der Waals surface area contributed by atoms with E-state index >= 15 is 0 Å². The average molecular weight is 416 g/mol. The third kappa shape index (κ3) is 5.64. The summed E-state index contributed by atoms with van der Waals surface area (Å²) in [5.74, 6) is -0.187. The van der Waals surface area contributed by atoms with Crippen molar-refractivity contribution >= 4 is 22.9 Å². The number of rotatable bonds is 10. The fourth-order valence-corrected chi connectivity index (χ4v) is 5.05. The van der Waals surface area contributed by atoms with Crippen molar-refractivity contribution in [3.05, 3.63) is 61.8 Å². The van der Waals surface area contributed by atoms with Crippen LogP contribution in [0.15, 0.2) is 35.7 Å². The van der Waals surface area contributed by atoms with Gasteiger partial charge in [-0.05, 0) is 42.0 Å². The van der Waals surface area contributed by atoms with Crippen LogP contribution in [0.5, 0.6) is 0 Å². The smallest absolute Gasteiger partial charge is 0.269 e. The molecule has 0 bridgehead atoms. The summed E-state index contributed by atoms with van der Waals surface area (Å²) >= 11 is 1.86. The number of thiophene rings is 1. The lowest BCUT2D eigenvalue weighted by Gasteiger charge is -2.36. The first-order chi connectivity index (χ1) is 14.1. The van der Waals surface area contributed by atoms with E-state index in [4.69, 9.17) is 0 Å². The van der Waals surface area contributed by atoms with Gasteiger partial charge in [-0.25, -0.2) is 0 Å². The van der Waals surface area contributed by atoms with Crippen molar-refractivity contribution in [1.82, 2.24) is 10.2 Å². The second kappa shape index (κ2) is 10.5. The van der Waals surface area contributed by atoms with Gasteiger partial charge in [0, 0.05) is 48.2 Å². The summed E-state index contributed by atoms with van der Waals surface area (Å²) < 4.78 is 0. The van der Waals surface area contributed by atoms with E-state index in [-0.39, 0.29) is 11.6 Å². The van der Waals surface area contributed by atoms with E-state index in [0.29, 0.717) is 18.2 Å². The van der Waals surface area contributed by atoms with Gasteiger partial charge in [-0.1, -0.05) is 32.6 Å². The highest BCUT2D eigenvalue weighted by atomic mass is 32.1. The topological polar surface area (TPSA) is 75.5 Å². The van der Waals surface area contributed by atoms with Crippen molar-refractivity contribution in [3.8, 4) is 0 Å². The van der Waals surface area contributed by atoms with Crippen molar-refractivity contribution in [1.29, 1.82) is 0 Å². The molecule has 0 saturated heterocycles. The van der Waals surface area contributed by atoms with Gasteiger partial charge >= 0.3 is 0 Å². The van der Waals surface area contributed by atoms with E-state index in [0.717, 1.165) is 19.5 Å². The molecule has 0 aliphatic carbocycles. The van der Waals surface area contributed by atoms with Gasteiger partial charge in [0.05, 0.1) is 4.92 Å². The predicted molar refractivity (Wildman–Crippen MR) is 117 cm³/mol. The summed E-state index contributed by atoms with van der Waals surface area (Å²) in [5, 5.41) is 15.9. The Bertz CT molecular complexity index is 819. The molecule has 156 valence electrons. The molecule has 1 aromatic heterocycles. The minimum atomic E-state index is -0.461. The zero-order valence-electron chi connectivity index (χ0n) is 16.9. The Morgan fingerprint density at radius 3 is 2.76 bits per heavy atom. The maximum Gasteiger partial charge on any atom is 0.269 e. The molecule has 2 heterocycles. The van der Waals surface area contributed by atoms with Gasteiger partial charge in [-0.3, -0.25) is 19.8 Å². The van der Waals surface area contributed by atoms with E-state index in [9.17, 15) is 14.9 Å². The number of nitrogens with one attached hydrogen (secondary N) is 1. The fourth-order valence-electron chi connectivity index (χ4n) is 3.93. The zero-order chi connectivity index (χ0) is 20.6. The fraction of sp³-hybridized carbons (Fsp3) is 0.500. The quantitative estimate of drug-likeness (QED) is 0.338. The minimum Gasteiger partial charge on any atom is -0.351 e. The lowest BCUT2D eigenvalue weighted by molar-refractivity contribution is -0.384. The summed E-state index contributed by atoms with van der Waals surface area (Å²) in [5.41, 5.74) is 1.93. The van der Waals surface area contributed by atoms with Crippen LogP contribution in [0.1, 0.15) is 65.9 Å². The zero-order valence-corrected chi connectivity index (χ0v) is 17.7. The molecule has 1 amide bonds. The van der Waals surface area contributed by atoms with Gasteiger partial charge in [0.25, 0.3) is 11.6 Å². The third-order valence-corrected chi connectivity index (χ3v) is 6.61. The molecule has 29 heavy (non-hydrogen) atoms. The van der Waals surface area contributed by atoms with Crippen LogP contribution in [0, 0.1) is 10.1 Å². The number of benzene rings is 1. The Kier molecular flexibility index (Phi) is 7.77. The van der Waals surface area contributed by atoms with Crippen molar-refractivity contribution < 1.29 is 9.72 Å². The minimum absolute atomic E-state index is 0.00691. The molecular weight excluding hydrogens is 386 g/mol. The SMILES string of the molecule is CCCCCCC1c2sccc2CCN1CCNC(=O)c1ccc([N+](=O)[O-])cc1. The summed E-state index contributed by atoms with van der Waals surface area (Å²) in [7, 11) is 0. The lowest BCUT2D eigenvalue weighted by Crippen LogP contribution is -2.40. The monoisotopic (exact) mass is 415 g/mol. The summed E-state index contributed by atoms with van der Waals surface area (Å²) in [6.45, 7) is 4.64. The number of fused-ring (bicyclic) bond motifs is 1. The Balaban J connectivity index is 1.54. The van der Waals surface area contributed by atoms with Gasteiger partial charge in [0.2, 0.25) is 0 Å². The number of carbonyl (C=O) groups excluding carboxylic acids is 1. The van der Waals surface area contributed by atoms with E-state index in [1.165, 1.54) is 66.8 Å². The molecule has 1 aromatic carbocycles.